The maximum atomic E-state index is 5.25. The third kappa shape index (κ3) is 3.02. The van der Waals surface area contributed by atoms with Gasteiger partial charge in [-0.3, -0.25) is 5.43 Å². The minimum atomic E-state index is 0.209. The number of ether oxygens (including phenoxy) is 1. The largest absolute Gasteiger partial charge is 0.467 e. The summed E-state index contributed by atoms with van der Waals surface area (Å²) in [5.41, 5.74) is 3.52. The Hall–Kier alpha value is -1.93. The van der Waals surface area contributed by atoms with Gasteiger partial charge in [0.25, 0.3) is 0 Å². The molecule has 0 fully saturated rings. The summed E-state index contributed by atoms with van der Waals surface area (Å²) < 4.78 is 4.94. The van der Waals surface area contributed by atoms with E-state index in [9.17, 15) is 0 Å². The summed E-state index contributed by atoms with van der Waals surface area (Å²) in [6.45, 7) is 0.640. The van der Waals surface area contributed by atoms with E-state index < -0.39 is 0 Å². The molecule has 2 aromatic heterocycles. The van der Waals surface area contributed by atoms with Gasteiger partial charge in [-0.15, -0.1) is 0 Å². The van der Waals surface area contributed by atoms with Gasteiger partial charge < -0.3 is 10.1 Å². The minimum absolute atomic E-state index is 0.209. The third-order valence-corrected chi connectivity index (χ3v) is 2.69. The van der Waals surface area contributed by atoms with E-state index in [0.29, 0.717) is 12.5 Å². The van der Waals surface area contributed by atoms with Gasteiger partial charge in [-0.2, -0.15) is 26.3 Å². The third-order valence-electron chi connectivity index (χ3n) is 1.96. The average molecular weight is 252 g/mol. The molecule has 0 unspecified atom stereocenters. The van der Waals surface area contributed by atoms with Crippen LogP contribution in [-0.4, -0.2) is 22.1 Å². The molecule has 2 rings (SSSR count). The zero-order valence-corrected chi connectivity index (χ0v) is 9.99. The lowest BCUT2D eigenvalue weighted by Crippen LogP contribution is -2.14. The van der Waals surface area contributed by atoms with E-state index >= 15 is 0 Å². The van der Waals surface area contributed by atoms with Crippen LogP contribution in [0.15, 0.2) is 16.8 Å². The number of rotatable bonds is 5. The first-order valence-corrected chi connectivity index (χ1v) is 5.77. The Morgan fingerprint density at radius 2 is 2.18 bits per heavy atom. The van der Waals surface area contributed by atoms with Crippen LogP contribution in [0.5, 0.6) is 6.01 Å². The fourth-order valence-corrected chi connectivity index (χ4v) is 1.83. The molecule has 2 aromatic rings. The number of hydrogen-bond acceptors (Lipinski definition) is 8. The van der Waals surface area contributed by atoms with Gasteiger partial charge in [0.15, 0.2) is 0 Å². The Morgan fingerprint density at radius 3 is 2.82 bits per heavy atom. The van der Waals surface area contributed by atoms with Crippen LogP contribution in [0.1, 0.15) is 5.56 Å². The number of aromatic nitrogens is 3. The Bertz CT molecular complexity index is 452. The van der Waals surface area contributed by atoms with Crippen molar-refractivity contribution in [3.8, 4) is 6.01 Å². The molecule has 2 heterocycles. The zero-order valence-electron chi connectivity index (χ0n) is 9.17. The quantitative estimate of drug-likeness (QED) is 0.535. The van der Waals surface area contributed by atoms with Gasteiger partial charge in [0, 0.05) is 6.54 Å². The molecule has 0 atom stereocenters. The van der Waals surface area contributed by atoms with E-state index in [-0.39, 0.29) is 12.0 Å². The van der Waals surface area contributed by atoms with Crippen molar-refractivity contribution in [3.05, 3.63) is 22.4 Å². The maximum Gasteiger partial charge on any atom is 0.322 e. The van der Waals surface area contributed by atoms with Gasteiger partial charge in [-0.1, -0.05) is 0 Å². The number of hydrazine groups is 1. The fourth-order valence-electron chi connectivity index (χ4n) is 1.17. The van der Waals surface area contributed by atoms with Crippen LogP contribution in [0.25, 0.3) is 0 Å². The van der Waals surface area contributed by atoms with Crippen molar-refractivity contribution in [2.75, 3.05) is 17.9 Å². The van der Waals surface area contributed by atoms with Gasteiger partial charge in [0.1, 0.15) is 0 Å². The number of nitrogens with two attached hydrogens (primary N) is 1. The molecule has 8 heteroatoms. The fraction of sp³-hybridized carbons (Fsp3) is 0.222. The van der Waals surface area contributed by atoms with Crippen LogP contribution in [-0.2, 0) is 6.54 Å². The lowest BCUT2D eigenvalue weighted by molar-refractivity contribution is 0.379. The second-order valence-corrected chi connectivity index (χ2v) is 3.88. The van der Waals surface area contributed by atoms with E-state index in [1.807, 2.05) is 16.8 Å². The van der Waals surface area contributed by atoms with Crippen LogP contribution < -0.4 is 21.3 Å². The molecule has 0 bridgehead atoms. The highest BCUT2D eigenvalue weighted by atomic mass is 32.1. The molecule has 4 N–H and O–H groups in total. The number of thiophene rings is 1. The van der Waals surface area contributed by atoms with E-state index in [1.165, 1.54) is 7.11 Å². The smallest absolute Gasteiger partial charge is 0.322 e. The average Bonchev–Trinajstić information content (AvgIpc) is 2.89. The van der Waals surface area contributed by atoms with Gasteiger partial charge >= 0.3 is 6.01 Å². The first kappa shape index (κ1) is 11.6. The molecule has 0 spiro atoms. The van der Waals surface area contributed by atoms with Crippen LogP contribution in [0.2, 0.25) is 0 Å². The molecule has 0 aliphatic rings. The molecule has 0 radical (unpaired) electrons. The Balaban J connectivity index is 2.09. The lowest BCUT2D eigenvalue weighted by Gasteiger charge is -2.06. The first-order chi connectivity index (χ1) is 8.31. The number of hydrogen-bond donors (Lipinski definition) is 3. The predicted molar refractivity (Wildman–Crippen MR) is 65.8 cm³/mol. The van der Waals surface area contributed by atoms with Crippen molar-refractivity contribution >= 4 is 23.2 Å². The highest BCUT2D eigenvalue weighted by Gasteiger charge is 2.05. The van der Waals surface area contributed by atoms with Crippen LogP contribution in [0, 0.1) is 0 Å². The monoisotopic (exact) mass is 252 g/mol. The normalized spacial score (nSPS) is 10.0. The van der Waals surface area contributed by atoms with Crippen molar-refractivity contribution in [1.82, 2.24) is 15.0 Å². The van der Waals surface area contributed by atoms with Gasteiger partial charge in [-0.25, -0.2) is 5.84 Å². The van der Waals surface area contributed by atoms with E-state index in [2.05, 4.69) is 25.7 Å². The van der Waals surface area contributed by atoms with Gasteiger partial charge in [-0.05, 0) is 22.4 Å². The van der Waals surface area contributed by atoms with Crippen molar-refractivity contribution in [2.24, 2.45) is 5.84 Å². The molecule has 0 aliphatic carbocycles. The zero-order chi connectivity index (χ0) is 12.1. The second-order valence-electron chi connectivity index (χ2n) is 3.10. The molecular formula is C9H12N6OS. The molecule has 90 valence electrons. The molecule has 17 heavy (non-hydrogen) atoms. The van der Waals surface area contributed by atoms with E-state index in [0.717, 1.165) is 5.56 Å². The van der Waals surface area contributed by atoms with E-state index in [4.69, 9.17) is 10.6 Å². The lowest BCUT2D eigenvalue weighted by atomic mass is 10.3. The van der Waals surface area contributed by atoms with E-state index in [1.54, 1.807) is 11.3 Å². The SMILES string of the molecule is COc1nc(NN)nc(NCc2ccsc2)n1. The van der Waals surface area contributed by atoms with Crippen molar-refractivity contribution < 1.29 is 4.74 Å². The second kappa shape index (κ2) is 5.41. The summed E-state index contributed by atoms with van der Waals surface area (Å²) in [6.07, 6.45) is 0. The van der Waals surface area contributed by atoms with Crippen LogP contribution in [0.4, 0.5) is 11.9 Å². The molecule has 0 aliphatic heterocycles. The minimum Gasteiger partial charge on any atom is -0.467 e. The first-order valence-electron chi connectivity index (χ1n) is 4.83. The van der Waals surface area contributed by atoms with Gasteiger partial charge in [0.2, 0.25) is 11.9 Å². The summed E-state index contributed by atoms with van der Waals surface area (Å²) in [6, 6.07) is 2.24. The summed E-state index contributed by atoms with van der Waals surface area (Å²) in [5.74, 6) is 5.92. The number of nitrogens with one attached hydrogen (secondary N) is 2. The van der Waals surface area contributed by atoms with Crippen molar-refractivity contribution in [2.45, 2.75) is 6.54 Å². The van der Waals surface area contributed by atoms with Crippen molar-refractivity contribution in [3.63, 3.8) is 0 Å². The molecule has 0 saturated heterocycles. The molecule has 0 saturated carbocycles. The highest BCUT2D eigenvalue weighted by molar-refractivity contribution is 7.07. The summed E-state index contributed by atoms with van der Waals surface area (Å²) >= 11 is 1.64. The van der Waals surface area contributed by atoms with Crippen LogP contribution >= 0.6 is 11.3 Å². The summed E-state index contributed by atoms with van der Waals surface area (Å²) in [5, 5.41) is 7.13. The standard InChI is InChI=1S/C9H12N6OS/c1-16-9-13-7(12-8(14-9)15-10)11-4-6-2-3-17-5-6/h2-3,5H,4,10H2,1H3,(H2,11,12,13,14,15). The van der Waals surface area contributed by atoms with Gasteiger partial charge in [0.05, 0.1) is 7.11 Å². The highest BCUT2D eigenvalue weighted by Crippen LogP contribution is 2.12. The summed E-state index contributed by atoms with van der Waals surface area (Å²) in [4.78, 5) is 12.0. The Kier molecular flexibility index (Phi) is 3.68. The Morgan fingerprint density at radius 1 is 1.35 bits per heavy atom. The molecule has 0 amide bonds. The predicted octanol–water partition coefficient (Wildman–Crippen LogP) is 0.839. The number of nitrogens with zero attached hydrogens (tertiary/aromatic N) is 3. The molecule has 7 nitrogen and oxygen atoms in total. The molecule has 0 aromatic carbocycles. The van der Waals surface area contributed by atoms with Crippen LogP contribution in [0.3, 0.4) is 0 Å². The number of nitrogen functional groups attached to an aromatic ring is 1. The van der Waals surface area contributed by atoms with Crippen molar-refractivity contribution in [1.29, 1.82) is 0 Å². The number of anilines is 2. The Labute approximate surface area is 102 Å². The topological polar surface area (TPSA) is 98.0 Å². The summed E-state index contributed by atoms with van der Waals surface area (Å²) in [7, 11) is 1.48. The molecular weight excluding hydrogens is 240 g/mol. The maximum absolute atomic E-state index is 5.25. The number of methoxy groups -OCH3 is 1.